The van der Waals surface area contributed by atoms with Crippen molar-refractivity contribution < 1.29 is 4.79 Å². The van der Waals surface area contributed by atoms with E-state index in [1.165, 1.54) is 16.9 Å². The van der Waals surface area contributed by atoms with Gasteiger partial charge in [-0.05, 0) is 18.9 Å². The number of amides is 1. The third-order valence-electron chi connectivity index (χ3n) is 2.70. The monoisotopic (exact) mass is 338 g/mol. The van der Waals surface area contributed by atoms with Crippen molar-refractivity contribution in [3.63, 3.8) is 0 Å². The van der Waals surface area contributed by atoms with Crippen molar-refractivity contribution in [3.8, 4) is 0 Å². The molecule has 1 amide bonds. The average molecular weight is 339 g/mol. The number of hydrogen-bond donors (Lipinski definition) is 1. The highest BCUT2D eigenvalue weighted by Crippen LogP contribution is 2.10. The first-order chi connectivity index (χ1) is 9.19. The lowest BCUT2D eigenvalue weighted by atomic mass is 10.1. The van der Waals surface area contributed by atoms with Crippen LogP contribution in [0.15, 0.2) is 35.7 Å². The number of alkyl halides is 1. The van der Waals surface area contributed by atoms with Crippen LogP contribution in [0.3, 0.4) is 0 Å². The molecule has 0 spiro atoms. The summed E-state index contributed by atoms with van der Waals surface area (Å²) in [7, 11) is 0. The van der Waals surface area contributed by atoms with E-state index in [-0.39, 0.29) is 11.9 Å². The molecule has 0 saturated carbocycles. The molecule has 0 aliphatic carbocycles. The van der Waals surface area contributed by atoms with E-state index in [2.05, 4.69) is 38.4 Å². The normalized spacial score (nSPS) is 12.1. The Balaban J connectivity index is 1.97. The van der Waals surface area contributed by atoms with Crippen molar-refractivity contribution in [2.45, 2.75) is 19.4 Å². The molecule has 0 bridgehead atoms. The third kappa shape index (κ3) is 4.14. The van der Waals surface area contributed by atoms with Crippen molar-refractivity contribution in [3.05, 3.63) is 52.0 Å². The van der Waals surface area contributed by atoms with Crippen molar-refractivity contribution in [2.24, 2.45) is 0 Å². The summed E-state index contributed by atoms with van der Waals surface area (Å²) in [6, 6.07) is 10.2. The predicted octanol–water partition coefficient (Wildman–Crippen LogP) is 3.19. The minimum absolute atomic E-state index is 0.0666. The topological polar surface area (TPSA) is 42.0 Å². The van der Waals surface area contributed by atoms with Crippen molar-refractivity contribution in [2.75, 3.05) is 5.33 Å². The van der Waals surface area contributed by atoms with Gasteiger partial charge < -0.3 is 5.32 Å². The molecule has 1 N–H and O–H groups in total. The fourth-order valence-corrected chi connectivity index (χ4v) is 2.75. The molecule has 5 heteroatoms. The summed E-state index contributed by atoms with van der Waals surface area (Å²) in [5.41, 5.74) is 1.71. The molecule has 0 aliphatic heterocycles. The van der Waals surface area contributed by atoms with Gasteiger partial charge in [0, 0.05) is 16.8 Å². The summed E-state index contributed by atoms with van der Waals surface area (Å²) >= 11 is 4.93. The number of rotatable bonds is 5. The maximum atomic E-state index is 12.0. The molecule has 3 nitrogen and oxygen atoms in total. The Kier molecular flexibility index (Phi) is 5.10. The highest BCUT2D eigenvalue weighted by Gasteiger charge is 2.15. The van der Waals surface area contributed by atoms with Gasteiger partial charge in [-0.25, -0.2) is 4.98 Å². The summed E-state index contributed by atoms with van der Waals surface area (Å²) in [4.78, 5) is 16.2. The number of carbonyl (C=O) groups is 1. The molecular formula is C14H15BrN2OS. The molecule has 1 atom stereocenters. The number of carbonyl (C=O) groups excluding carboxylic acids is 1. The summed E-state index contributed by atoms with van der Waals surface area (Å²) in [6.45, 7) is 1.90. The van der Waals surface area contributed by atoms with E-state index in [1.54, 1.807) is 5.38 Å². The smallest absolute Gasteiger partial charge is 0.271 e. The van der Waals surface area contributed by atoms with E-state index in [9.17, 15) is 4.79 Å². The molecule has 2 rings (SSSR count). The fourth-order valence-electron chi connectivity index (χ4n) is 1.77. The Labute approximate surface area is 125 Å². The van der Waals surface area contributed by atoms with E-state index < -0.39 is 0 Å². The number of aromatic nitrogens is 1. The van der Waals surface area contributed by atoms with Gasteiger partial charge in [-0.3, -0.25) is 4.79 Å². The van der Waals surface area contributed by atoms with Crippen LogP contribution < -0.4 is 5.32 Å². The number of halogens is 1. The molecule has 1 heterocycles. The summed E-state index contributed by atoms with van der Waals surface area (Å²) < 4.78 is 0. The minimum atomic E-state index is -0.107. The highest BCUT2D eigenvalue weighted by atomic mass is 79.9. The molecule has 1 aromatic carbocycles. The van der Waals surface area contributed by atoms with Crippen LogP contribution in [0.5, 0.6) is 0 Å². The van der Waals surface area contributed by atoms with Crippen LogP contribution in [-0.2, 0) is 6.42 Å². The highest BCUT2D eigenvalue weighted by molar-refractivity contribution is 9.09. The van der Waals surface area contributed by atoms with E-state index in [4.69, 9.17) is 0 Å². The van der Waals surface area contributed by atoms with Crippen LogP contribution in [0.2, 0.25) is 0 Å². The Morgan fingerprint density at radius 2 is 2.16 bits per heavy atom. The van der Waals surface area contributed by atoms with E-state index in [0.717, 1.165) is 16.8 Å². The average Bonchev–Trinajstić information content (AvgIpc) is 2.86. The molecule has 0 radical (unpaired) electrons. The number of nitrogens with one attached hydrogen (secondary N) is 1. The zero-order valence-electron chi connectivity index (χ0n) is 10.6. The second-order valence-corrected chi connectivity index (χ2v) is 5.98. The number of benzene rings is 1. The molecule has 0 saturated heterocycles. The van der Waals surface area contributed by atoms with Gasteiger partial charge in [0.25, 0.3) is 5.91 Å². The Morgan fingerprint density at radius 1 is 1.42 bits per heavy atom. The molecular weight excluding hydrogens is 324 g/mol. The molecule has 1 aromatic heterocycles. The third-order valence-corrected chi connectivity index (χ3v) is 4.25. The first-order valence-electron chi connectivity index (χ1n) is 6.02. The van der Waals surface area contributed by atoms with Crippen LogP contribution in [0.1, 0.15) is 21.1 Å². The molecule has 0 aliphatic rings. The van der Waals surface area contributed by atoms with Crippen LogP contribution in [0, 0.1) is 6.92 Å². The van der Waals surface area contributed by atoms with Crippen LogP contribution in [-0.4, -0.2) is 22.3 Å². The summed E-state index contributed by atoms with van der Waals surface area (Å²) in [5.74, 6) is -0.107. The van der Waals surface area contributed by atoms with Gasteiger partial charge in [-0.15, -0.1) is 11.3 Å². The lowest BCUT2D eigenvalue weighted by Crippen LogP contribution is -2.37. The summed E-state index contributed by atoms with van der Waals surface area (Å²) in [5, 5.41) is 6.42. The van der Waals surface area contributed by atoms with E-state index in [0.29, 0.717) is 5.69 Å². The van der Waals surface area contributed by atoms with Crippen LogP contribution in [0.4, 0.5) is 0 Å². The van der Waals surface area contributed by atoms with Crippen LogP contribution in [0.25, 0.3) is 0 Å². The predicted molar refractivity (Wildman–Crippen MR) is 82.0 cm³/mol. The zero-order valence-corrected chi connectivity index (χ0v) is 13.0. The van der Waals surface area contributed by atoms with Crippen molar-refractivity contribution in [1.29, 1.82) is 0 Å². The number of nitrogens with zero attached hydrogens (tertiary/aromatic N) is 1. The second kappa shape index (κ2) is 6.82. The quantitative estimate of drug-likeness (QED) is 0.850. The van der Waals surface area contributed by atoms with Gasteiger partial charge >= 0.3 is 0 Å². The molecule has 0 fully saturated rings. The number of thiazole rings is 1. The SMILES string of the molecule is Cc1nc(C(=O)NC(CBr)Cc2ccccc2)cs1. The van der Waals surface area contributed by atoms with Gasteiger partial charge in [0.15, 0.2) is 0 Å². The number of aryl methyl sites for hydroxylation is 1. The molecule has 2 aromatic rings. The van der Waals surface area contributed by atoms with Gasteiger partial charge in [-0.2, -0.15) is 0 Å². The Bertz CT molecular complexity index is 541. The first kappa shape index (κ1) is 14.2. The van der Waals surface area contributed by atoms with Crippen molar-refractivity contribution in [1.82, 2.24) is 10.3 Å². The Hall–Kier alpha value is -1.20. The van der Waals surface area contributed by atoms with Gasteiger partial charge in [0.1, 0.15) is 5.69 Å². The van der Waals surface area contributed by atoms with E-state index >= 15 is 0 Å². The lowest BCUT2D eigenvalue weighted by Gasteiger charge is -2.15. The molecule has 19 heavy (non-hydrogen) atoms. The number of hydrogen-bond acceptors (Lipinski definition) is 3. The van der Waals surface area contributed by atoms with Gasteiger partial charge in [0.05, 0.1) is 5.01 Å². The lowest BCUT2D eigenvalue weighted by molar-refractivity contribution is 0.0936. The standard InChI is InChI=1S/C14H15BrN2OS/c1-10-16-13(9-19-10)14(18)17-12(8-15)7-11-5-3-2-4-6-11/h2-6,9,12H,7-8H2,1H3,(H,17,18). The molecule has 100 valence electrons. The first-order valence-corrected chi connectivity index (χ1v) is 8.02. The Morgan fingerprint density at radius 3 is 2.74 bits per heavy atom. The fraction of sp³-hybridized carbons (Fsp3) is 0.286. The van der Waals surface area contributed by atoms with Gasteiger partial charge in [-0.1, -0.05) is 46.3 Å². The van der Waals surface area contributed by atoms with Gasteiger partial charge in [0.2, 0.25) is 0 Å². The van der Waals surface area contributed by atoms with Crippen LogP contribution >= 0.6 is 27.3 Å². The maximum Gasteiger partial charge on any atom is 0.271 e. The largest absolute Gasteiger partial charge is 0.347 e. The zero-order chi connectivity index (χ0) is 13.7. The second-order valence-electron chi connectivity index (χ2n) is 4.27. The minimum Gasteiger partial charge on any atom is -0.347 e. The maximum absolute atomic E-state index is 12.0. The van der Waals surface area contributed by atoms with E-state index in [1.807, 2.05) is 25.1 Å². The molecule has 1 unspecified atom stereocenters. The van der Waals surface area contributed by atoms with Crippen molar-refractivity contribution >= 4 is 33.2 Å². The summed E-state index contributed by atoms with van der Waals surface area (Å²) in [6.07, 6.45) is 0.806.